The zero-order chi connectivity index (χ0) is 42.2. The van der Waals surface area contributed by atoms with Crippen LogP contribution in [0.15, 0.2) is 43.0 Å². The third-order valence-electron chi connectivity index (χ3n) is 12.7. The van der Waals surface area contributed by atoms with Crippen molar-refractivity contribution in [1.82, 2.24) is 34.6 Å². The van der Waals surface area contributed by atoms with E-state index >= 15 is 0 Å². The minimum absolute atomic E-state index is 0.0507. The van der Waals surface area contributed by atoms with Gasteiger partial charge in [-0.05, 0) is 105 Å². The summed E-state index contributed by atoms with van der Waals surface area (Å²) in [4.78, 5) is 50.6. The van der Waals surface area contributed by atoms with Gasteiger partial charge in [0.1, 0.15) is 35.3 Å². The number of anilines is 1. The van der Waals surface area contributed by atoms with E-state index in [1.54, 1.807) is 11.1 Å². The number of nitrogens with zero attached hydrogens (tertiary/aromatic N) is 8. The lowest BCUT2D eigenvalue weighted by atomic mass is 9.61. The van der Waals surface area contributed by atoms with Crippen molar-refractivity contribution in [2.45, 2.75) is 110 Å². The topological polar surface area (TPSA) is 126 Å². The van der Waals surface area contributed by atoms with Crippen molar-refractivity contribution >= 4 is 17.8 Å². The van der Waals surface area contributed by atoms with Crippen LogP contribution in [0.1, 0.15) is 88.8 Å². The van der Waals surface area contributed by atoms with E-state index in [4.69, 9.17) is 23.9 Å². The van der Waals surface area contributed by atoms with Crippen molar-refractivity contribution in [3.63, 3.8) is 0 Å². The minimum atomic E-state index is -0.515. The van der Waals surface area contributed by atoms with E-state index in [2.05, 4.69) is 24.7 Å². The standard InChI is InChI=1S/C45H61FN8O6/c1-7-54(30(2)3)42(55)33-21-31(46)9-10-37(33)59-40-24-47-29-49-41(40)53-27-45(28-53)22-32(23-45)58-38-11-14-48-35-12-17-50(25-34(35)38)15-8-16-51-19-20-57-39-13-18-52(26-36(39)51)43(56)60-44(4,5)6/h9-11,14,21,24,29-30,32,36,39H,7-8,12-13,15-20,22-23,25-28H2,1-6H3/t36-,39-/m0/s1. The second-order valence-electron chi connectivity index (χ2n) is 18.5. The molecule has 2 amide bonds. The van der Waals surface area contributed by atoms with Crippen molar-refractivity contribution in [1.29, 1.82) is 0 Å². The van der Waals surface area contributed by atoms with Crippen LogP contribution in [0.2, 0.25) is 0 Å². The SMILES string of the molecule is CCN(C(=O)c1cc(F)ccc1Oc1cncnc1N1CC2(CC(Oc3ccnc4c3CN(CCCN3CCO[C@H]5CCN(C(=O)OC(C)(C)C)C[C@@H]53)CC4)C2)C1)C(C)C. The fourth-order valence-electron chi connectivity index (χ4n) is 9.71. The minimum Gasteiger partial charge on any atom is -0.490 e. The van der Waals surface area contributed by atoms with Crippen molar-refractivity contribution in [2.75, 3.05) is 70.4 Å². The predicted octanol–water partition coefficient (Wildman–Crippen LogP) is 6.18. The van der Waals surface area contributed by atoms with Gasteiger partial charge in [0.15, 0.2) is 11.6 Å². The molecule has 1 spiro atoms. The third kappa shape index (κ3) is 9.18. The van der Waals surface area contributed by atoms with Crippen LogP contribution in [0.3, 0.4) is 0 Å². The summed E-state index contributed by atoms with van der Waals surface area (Å²) in [6.45, 7) is 20.2. The number of carbonyl (C=O) groups excluding carboxylic acids is 2. The Balaban J connectivity index is 0.833. The molecule has 4 aliphatic heterocycles. The molecule has 324 valence electrons. The highest BCUT2D eigenvalue weighted by Crippen LogP contribution is 2.52. The molecule has 0 bridgehead atoms. The van der Waals surface area contributed by atoms with Crippen LogP contribution in [0.25, 0.3) is 0 Å². The van der Waals surface area contributed by atoms with E-state index in [0.717, 1.165) is 96.0 Å². The maximum atomic E-state index is 14.4. The van der Waals surface area contributed by atoms with Gasteiger partial charge in [0, 0.05) is 87.7 Å². The summed E-state index contributed by atoms with van der Waals surface area (Å²) in [7, 11) is 0. The largest absolute Gasteiger partial charge is 0.490 e. The van der Waals surface area contributed by atoms with Gasteiger partial charge in [-0.3, -0.25) is 19.6 Å². The molecule has 4 fully saturated rings. The van der Waals surface area contributed by atoms with Crippen LogP contribution in [0.5, 0.6) is 17.2 Å². The number of rotatable bonds is 12. The molecule has 1 saturated carbocycles. The number of fused-ring (bicyclic) bond motifs is 2. The number of amides is 2. The van der Waals surface area contributed by atoms with E-state index in [9.17, 15) is 14.0 Å². The van der Waals surface area contributed by atoms with E-state index in [0.29, 0.717) is 31.2 Å². The summed E-state index contributed by atoms with van der Waals surface area (Å²) in [5.74, 6) is 1.50. The molecule has 2 atom stereocenters. The van der Waals surface area contributed by atoms with Gasteiger partial charge < -0.3 is 33.6 Å². The molecule has 6 heterocycles. The highest BCUT2D eigenvalue weighted by Gasteiger charge is 2.54. The van der Waals surface area contributed by atoms with Gasteiger partial charge in [-0.25, -0.2) is 19.2 Å². The Morgan fingerprint density at radius 2 is 1.87 bits per heavy atom. The van der Waals surface area contributed by atoms with E-state index in [-0.39, 0.29) is 53.0 Å². The van der Waals surface area contributed by atoms with Crippen LogP contribution >= 0.6 is 0 Å². The first-order chi connectivity index (χ1) is 28.8. The molecule has 0 N–H and O–H groups in total. The van der Waals surface area contributed by atoms with Crippen molar-refractivity contribution in [3.05, 3.63) is 65.6 Å². The number of benzene rings is 1. The maximum absolute atomic E-state index is 14.4. The molecule has 5 aliphatic rings. The molecule has 3 saturated heterocycles. The van der Waals surface area contributed by atoms with Crippen molar-refractivity contribution in [2.24, 2.45) is 5.41 Å². The summed E-state index contributed by atoms with van der Waals surface area (Å²) < 4.78 is 39.2. The van der Waals surface area contributed by atoms with Crippen molar-refractivity contribution in [3.8, 4) is 17.2 Å². The zero-order valence-electron chi connectivity index (χ0n) is 36.1. The first-order valence-corrected chi connectivity index (χ1v) is 21.8. The summed E-state index contributed by atoms with van der Waals surface area (Å²) in [6.07, 6.45) is 9.65. The highest BCUT2D eigenvalue weighted by molar-refractivity contribution is 5.97. The first kappa shape index (κ1) is 42.1. The van der Waals surface area contributed by atoms with E-state index < -0.39 is 11.4 Å². The molecule has 15 heteroatoms. The fraction of sp³-hybridized carbons (Fsp3) is 0.622. The van der Waals surface area contributed by atoms with Crippen molar-refractivity contribution < 1.29 is 32.9 Å². The fourth-order valence-corrected chi connectivity index (χ4v) is 9.71. The van der Waals surface area contributed by atoms with Crippen LogP contribution < -0.4 is 14.4 Å². The number of aromatic nitrogens is 3. The van der Waals surface area contributed by atoms with Gasteiger partial charge in [-0.1, -0.05) is 0 Å². The Hall–Kier alpha value is -4.60. The summed E-state index contributed by atoms with van der Waals surface area (Å²) in [6, 6.07) is 6.18. The lowest BCUT2D eigenvalue weighted by Gasteiger charge is -2.59. The molecule has 2 aromatic heterocycles. The van der Waals surface area contributed by atoms with Crippen LogP contribution in [-0.2, 0) is 22.4 Å². The highest BCUT2D eigenvalue weighted by atomic mass is 19.1. The van der Waals surface area contributed by atoms with Gasteiger partial charge in [-0.15, -0.1) is 0 Å². The number of morpholine rings is 1. The number of hydrogen-bond donors (Lipinski definition) is 0. The molecular weight excluding hydrogens is 768 g/mol. The summed E-state index contributed by atoms with van der Waals surface area (Å²) >= 11 is 0. The Labute approximate surface area is 353 Å². The molecule has 8 rings (SSSR count). The molecule has 3 aromatic rings. The predicted molar refractivity (Wildman–Crippen MR) is 224 cm³/mol. The number of hydrogen-bond acceptors (Lipinski definition) is 12. The van der Waals surface area contributed by atoms with E-state index in [1.807, 2.05) is 58.7 Å². The average Bonchev–Trinajstić information content (AvgIpc) is 3.18. The molecule has 0 radical (unpaired) electrons. The van der Waals surface area contributed by atoms with Gasteiger partial charge in [0.2, 0.25) is 0 Å². The molecule has 14 nitrogen and oxygen atoms in total. The number of piperidine rings is 1. The first-order valence-electron chi connectivity index (χ1n) is 21.8. The maximum Gasteiger partial charge on any atom is 0.410 e. The lowest BCUT2D eigenvalue weighted by Crippen LogP contribution is -2.65. The van der Waals surface area contributed by atoms with Gasteiger partial charge >= 0.3 is 6.09 Å². The number of ether oxygens (including phenoxy) is 4. The Morgan fingerprint density at radius 1 is 1.05 bits per heavy atom. The van der Waals surface area contributed by atoms with Crippen LogP contribution in [0, 0.1) is 11.2 Å². The second-order valence-corrected chi connectivity index (χ2v) is 18.5. The molecule has 60 heavy (non-hydrogen) atoms. The number of carbonyl (C=O) groups is 2. The summed E-state index contributed by atoms with van der Waals surface area (Å²) in [5, 5.41) is 0. The molecule has 1 aromatic carbocycles. The Morgan fingerprint density at radius 3 is 2.63 bits per heavy atom. The lowest BCUT2D eigenvalue weighted by molar-refractivity contribution is -0.103. The summed E-state index contributed by atoms with van der Waals surface area (Å²) in [5.41, 5.74) is 2.10. The Bertz CT molecular complexity index is 2020. The van der Waals surface area contributed by atoms with Gasteiger partial charge in [0.25, 0.3) is 5.91 Å². The quantitative estimate of drug-likeness (QED) is 0.207. The smallest absolute Gasteiger partial charge is 0.410 e. The zero-order valence-corrected chi connectivity index (χ0v) is 36.1. The monoisotopic (exact) mass is 828 g/mol. The van der Waals surface area contributed by atoms with Crippen LogP contribution in [-0.4, -0.2) is 142 Å². The van der Waals surface area contributed by atoms with E-state index in [1.165, 1.54) is 30.1 Å². The Kier molecular flexibility index (Phi) is 12.2. The third-order valence-corrected chi connectivity index (χ3v) is 12.7. The van der Waals surface area contributed by atoms with Crippen LogP contribution in [0.4, 0.5) is 15.0 Å². The molecular formula is C45H61FN8O6. The molecule has 1 aliphatic carbocycles. The number of likely N-dealkylation sites (tertiary alicyclic amines) is 1. The molecule has 0 unspecified atom stereocenters. The van der Waals surface area contributed by atoms with Gasteiger partial charge in [-0.2, -0.15) is 0 Å². The van der Waals surface area contributed by atoms with Gasteiger partial charge in [0.05, 0.1) is 30.5 Å². The normalized spacial score (nSPS) is 21.8. The number of pyridine rings is 1. The average molecular weight is 829 g/mol. The number of halogens is 1. The second kappa shape index (κ2) is 17.4.